The summed E-state index contributed by atoms with van der Waals surface area (Å²) >= 11 is 0. The molecule has 90 valence electrons. The zero-order chi connectivity index (χ0) is 12.3. The maximum Gasteiger partial charge on any atom is 0.269 e. The molecule has 1 aromatic carbocycles. The van der Waals surface area contributed by atoms with Gasteiger partial charge in [-0.3, -0.25) is 15.0 Å². The maximum atomic E-state index is 10.6. The highest BCUT2D eigenvalue weighted by atomic mass is 16.6. The summed E-state index contributed by atoms with van der Waals surface area (Å²) in [6.45, 7) is 6.75. The van der Waals surface area contributed by atoms with Crippen LogP contribution in [0, 0.1) is 10.1 Å². The normalized spacial score (nSPS) is 20.4. The van der Waals surface area contributed by atoms with Gasteiger partial charge in [0, 0.05) is 25.2 Å². The van der Waals surface area contributed by atoms with Gasteiger partial charge in [0.1, 0.15) is 0 Å². The number of benzene rings is 1. The molecule has 0 amide bonds. The van der Waals surface area contributed by atoms with Crippen molar-refractivity contribution in [1.29, 1.82) is 0 Å². The molecule has 1 aliphatic rings. The first-order valence-corrected chi connectivity index (χ1v) is 5.78. The number of likely N-dealkylation sites (tertiary alicyclic amines) is 1. The molecular weight excluding hydrogens is 216 g/mol. The van der Waals surface area contributed by atoms with Crippen LogP contribution in [-0.2, 0) is 0 Å². The Morgan fingerprint density at radius 2 is 2.18 bits per heavy atom. The van der Waals surface area contributed by atoms with E-state index in [-0.39, 0.29) is 10.6 Å². The third-order valence-electron chi connectivity index (χ3n) is 3.23. The minimum atomic E-state index is -0.359. The Morgan fingerprint density at radius 1 is 1.47 bits per heavy atom. The molecule has 1 atom stereocenters. The van der Waals surface area contributed by atoms with E-state index < -0.39 is 0 Å². The number of nitrogens with zero attached hydrogens (tertiary/aromatic N) is 2. The molecule has 17 heavy (non-hydrogen) atoms. The van der Waals surface area contributed by atoms with Crippen LogP contribution >= 0.6 is 0 Å². The van der Waals surface area contributed by atoms with Gasteiger partial charge in [0.25, 0.3) is 5.69 Å². The van der Waals surface area contributed by atoms with E-state index in [2.05, 4.69) is 11.5 Å². The van der Waals surface area contributed by atoms with Crippen molar-refractivity contribution < 1.29 is 4.92 Å². The second kappa shape index (κ2) is 5.10. The van der Waals surface area contributed by atoms with Gasteiger partial charge in [-0.1, -0.05) is 18.2 Å². The van der Waals surface area contributed by atoms with E-state index in [9.17, 15) is 10.1 Å². The third kappa shape index (κ3) is 2.71. The van der Waals surface area contributed by atoms with E-state index in [1.54, 1.807) is 12.1 Å². The molecule has 1 aliphatic heterocycles. The van der Waals surface area contributed by atoms with Crippen molar-refractivity contribution >= 4 is 5.69 Å². The predicted molar refractivity (Wildman–Crippen MR) is 67.1 cm³/mol. The Kier molecular flexibility index (Phi) is 3.54. The average molecular weight is 232 g/mol. The first-order valence-electron chi connectivity index (χ1n) is 5.78. The Labute approximate surface area is 101 Å². The van der Waals surface area contributed by atoms with Crippen LogP contribution < -0.4 is 0 Å². The van der Waals surface area contributed by atoms with Crippen LogP contribution in [0.3, 0.4) is 0 Å². The molecule has 0 bridgehead atoms. The van der Waals surface area contributed by atoms with Gasteiger partial charge in [-0.25, -0.2) is 0 Å². The molecule has 4 heteroatoms. The first kappa shape index (κ1) is 11.8. The average Bonchev–Trinajstić information content (AvgIpc) is 2.78. The molecule has 0 spiro atoms. The van der Waals surface area contributed by atoms with Crippen LogP contribution in [0.5, 0.6) is 0 Å². The zero-order valence-corrected chi connectivity index (χ0v) is 9.71. The van der Waals surface area contributed by atoms with Crippen molar-refractivity contribution in [2.75, 3.05) is 19.6 Å². The van der Waals surface area contributed by atoms with E-state index in [1.807, 2.05) is 18.2 Å². The van der Waals surface area contributed by atoms with Crippen LogP contribution in [0.1, 0.15) is 17.9 Å². The second-order valence-corrected chi connectivity index (χ2v) is 4.38. The summed E-state index contributed by atoms with van der Waals surface area (Å²) in [5.41, 5.74) is 1.36. The van der Waals surface area contributed by atoms with Gasteiger partial charge in [-0.15, -0.1) is 6.58 Å². The van der Waals surface area contributed by atoms with Crippen LogP contribution in [0.15, 0.2) is 36.9 Å². The summed E-state index contributed by atoms with van der Waals surface area (Å²) in [6, 6.07) is 6.93. The summed E-state index contributed by atoms with van der Waals surface area (Å²) in [5, 5.41) is 10.6. The van der Waals surface area contributed by atoms with Crippen molar-refractivity contribution in [2.24, 2.45) is 0 Å². The second-order valence-electron chi connectivity index (χ2n) is 4.38. The maximum absolute atomic E-state index is 10.6. The van der Waals surface area contributed by atoms with Crippen molar-refractivity contribution in [3.8, 4) is 0 Å². The molecule has 4 nitrogen and oxygen atoms in total. The number of hydrogen-bond donors (Lipinski definition) is 0. The molecule has 1 aromatic rings. The van der Waals surface area contributed by atoms with Crippen LogP contribution in [0.4, 0.5) is 5.69 Å². The third-order valence-corrected chi connectivity index (χ3v) is 3.23. The molecule has 2 rings (SSSR count). The molecular formula is C13H16N2O2. The molecule has 0 aliphatic carbocycles. The number of hydrogen-bond acceptors (Lipinski definition) is 3. The molecule has 1 heterocycles. The van der Waals surface area contributed by atoms with Crippen LogP contribution in [0.25, 0.3) is 0 Å². The fourth-order valence-corrected chi connectivity index (χ4v) is 2.32. The first-order chi connectivity index (χ1) is 8.20. The molecule has 0 saturated carbocycles. The fraction of sp³-hybridized carbons (Fsp3) is 0.385. The highest BCUT2D eigenvalue weighted by Crippen LogP contribution is 2.28. The van der Waals surface area contributed by atoms with E-state index in [0.717, 1.165) is 26.1 Å². The van der Waals surface area contributed by atoms with E-state index in [4.69, 9.17) is 0 Å². The Morgan fingerprint density at radius 3 is 2.76 bits per heavy atom. The topological polar surface area (TPSA) is 46.4 Å². The Bertz CT molecular complexity index is 414. The lowest BCUT2D eigenvalue weighted by molar-refractivity contribution is -0.384. The van der Waals surface area contributed by atoms with Crippen molar-refractivity contribution in [2.45, 2.75) is 12.3 Å². The summed E-state index contributed by atoms with van der Waals surface area (Å²) < 4.78 is 0. The zero-order valence-electron chi connectivity index (χ0n) is 9.71. The van der Waals surface area contributed by atoms with Gasteiger partial charge in [0.05, 0.1) is 4.92 Å². The fourth-order valence-electron chi connectivity index (χ4n) is 2.32. The Balaban J connectivity index is 2.03. The molecule has 1 fully saturated rings. The van der Waals surface area contributed by atoms with Crippen LogP contribution in [0.2, 0.25) is 0 Å². The van der Waals surface area contributed by atoms with Crippen molar-refractivity contribution in [3.63, 3.8) is 0 Å². The van der Waals surface area contributed by atoms with Gasteiger partial charge < -0.3 is 0 Å². The highest BCUT2D eigenvalue weighted by molar-refractivity contribution is 5.34. The lowest BCUT2D eigenvalue weighted by Gasteiger charge is -2.13. The summed E-state index contributed by atoms with van der Waals surface area (Å²) in [4.78, 5) is 12.5. The standard InChI is InChI=1S/C13H16N2O2/c1-2-8-14-9-7-12(10-14)11-3-5-13(6-4-11)15(16)17/h2-6,12H,1,7-10H2/t12-/m0/s1. The monoisotopic (exact) mass is 232 g/mol. The molecule has 0 radical (unpaired) electrons. The molecule has 1 saturated heterocycles. The lowest BCUT2D eigenvalue weighted by atomic mass is 9.98. The van der Waals surface area contributed by atoms with E-state index in [0.29, 0.717) is 5.92 Å². The predicted octanol–water partition coefficient (Wildman–Crippen LogP) is 2.57. The summed E-state index contributed by atoms with van der Waals surface area (Å²) in [7, 11) is 0. The van der Waals surface area contributed by atoms with Gasteiger partial charge >= 0.3 is 0 Å². The quantitative estimate of drug-likeness (QED) is 0.455. The molecule has 0 unspecified atom stereocenters. The number of nitro benzene ring substituents is 1. The Hall–Kier alpha value is -1.68. The van der Waals surface area contributed by atoms with Crippen molar-refractivity contribution in [3.05, 3.63) is 52.6 Å². The highest BCUT2D eigenvalue weighted by Gasteiger charge is 2.23. The van der Waals surface area contributed by atoms with Gasteiger partial charge in [-0.05, 0) is 24.4 Å². The van der Waals surface area contributed by atoms with Crippen LogP contribution in [-0.4, -0.2) is 29.5 Å². The number of non-ortho nitro benzene ring substituents is 1. The lowest BCUT2D eigenvalue weighted by Crippen LogP contribution is -2.19. The van der Waals surface area contributed by atoms with Gasteiger partial charge in [0.2, 0.25) is 0 Å². The van der Waals surface area contributed by atoms with E-state index in [1.165, 1.54) is 5.56 Å². The molecule has 0 aromatic heterocycles. The largest absolute Gasteiger partial charge is 0.299 e. The summed E-state index contributed by atoms with van der Waals surface area (Å²) in [5.74, 6) is 0.496. The molecule has 0 N–H and O–H groups in total. The smallest absolute Gasteiger partial charge is 0.269 e. The minimum absolute atomic E-state index is 0.162. The van der Waals surface area contributed by atoms with E-state index >= 15 is 0 Å². The number of rotatable bonds is 4. The van der Waals surface area contributed by atoms with Gasteiger partial charge in [0.15, 0.2) is 0 Å². The summed E-state index contributed by atoms with van der Waals surface area (Å²) in [6.07, 6.45) is 3.03. The number of nitro groups is 1. The SMILES string of the molecule is C=CCN1CC[C@H](c2ccc([N+](=O)[O-])cc2)C1. The van der Waals surface area contributed by atoms with Gasteiger partial charge in [-0.2, -0.15) is 0 Å². The van der Waals surface area contributed by atoms with Crippen molar-refractivity contribution in [1.82, 2.24) is 4.90 Å². The minimum Gasteiger partial charge on any atom is -0.299 e.